The third kappa shape index (κ3) is 2.44. The van der Waals surface area contributed by atoms with E-state index >= 15 is 0 Å². The quantitative estimate of drug-likeness (QED) is 0.874. The fraction of sp³-hybridized carbons (Fsp3) is 0.462. The molecular weight excluding hydrogens is 238 g/mol. The standard InChI is InChI=1S/C13H14F2N2O/c1-17-13(7-16,9-2-3-9)8-18-10-4-5-11(14)12(15)6-10/h4-6,9,17H,2-3,8H2,1H3. The fourth-order valence-corrected chi connectivity index (χ4v) is 1.91. The Balaban J connectivity index is 2.05. The van der Waals surface area contributed by atoms with E-state index in [1.807, 2.05) is 0 Å². The summed E-state index contributed by atoms with van der Waals surface area (Å²) in [5, 5.41) is 12.2. The highest BCUT2D eigenvalue weighted by molar-refractivity contribution is 5.25. The van der Waals surface area contributed by atoms with Crippen LogP contribution in [0.3, 0.4) is 0 Å². The Kier molecular flexibility index (Phi) is 3.48. The number of hydrogen-bond donors (Lipinski definition) is 1. The van der Waals surface area contributed by atoms with E-state index < -0.39 is 17.2 Å². The molecule has 0 bridgehead atoms. The van der Waals surface area contributed by atoms with Crippen LogP contribution in [-0.2, 0) is 0 Å². The topological polar surface area (TPSA) is 45.0 Å². The molecule has 1 atom stereocenters. The minimum atomic E-state index is -0.953. The van der Waals surface area contributed by atoms with Gasteiger partial charge in [-0.1, -0.05) is 0 Å². The minimum Gasteiger partial charge on any atom is -0.490 e. The first-order valence-corrected chi connectivity index (χ1v) is 5.79. The maximum Gasteiger partial charge on any atom is 0.162 e. The number of halogens is 2. The number of nitrogens with zero attached hydrogens (tertiary/aromatic N) is 1. The highest BCUT2D eigenvalue weighted by Crippen LogP contribution is 2.39. The van der Waals surface area contributed by atoms with E-state index in [1.165, 1.54) is 6.07 Å². The molecule has 0 amide bonds. The van der Waals surface area contributed by atoms with E-state index in [-0.39, 0.29) is 18.3 Å². The molecule has 0 spiro atoms. The number of rotatable bonds is 5. The van der Waals surface area contributed by atoms with Crippen LogP contribution in [0.4, 0.5) is 8.78 Å². The van der Waals surface area contributed by atoms with E-state index in [9.17, 15) is 14.0 Å². The van der Waals surface area contributed by atoms with Crippen LogP contribution in [0.15, 0.2) is 18.2 Å². The van der Waals surface area contributed by atoms with Crippen LogP contribution in [0.1, 0.15) is 12.8 Å². The van der Waals surface area contributed by atoms with Gasteiger partial charge in [0.05, 0.1) is 6.07 Å². The highest BCUT2D eigenvalue weighted by Gasteiger charge is 2.45. The Morgan fingerprint density at radius 3 is 2.67 bits per heavy atom. The third-order valence-corrected chi connectivity index (χ3v) is 3.28. The molecule has 0 aliphatic heterocycles. The van der Waals surface area contributed by atoms with E-state index in [4.69, 9.17) is 4.74 Å². The van der Waals surface area contributed by atoms with Crippen molar-refractivity contribution in [3.8, 4) is 11.8 Å². The van der Waals surface area contributed by atoms with Crippen LogP contribution in [0.5, 0.6) is 5.75 Å². The van der Waals surface area contributed by atoms with Crippen LogP contribution in [0.25, 0.3) is 0 Å². The lowest BCUT2D eigenvalue weighted by Gasteiger charge is -2.25. The van der Waals surface area contributed by atoms with Gasteiger partial charge in [-0.3, -0.25) is 5.32 Å². The Hall–Kier alpha value is -1.67. The summed E-state index contributed by atoms with van der Waals surface area (Å²) in [7, 11) is 1.70. The average Bonchev–Trinajstić information content (AvgIpc) is 3.20. The van der Waals surface area contributed by atoms with Crippen molar-refractivity contribution in [1.29, 1.82) is 5.26 Å². The third-order valence-electron chi connectivity index (χ3n) is 3.28. The van der Waals surface area contributed by atoms with Crippen molar-refractivity contribution in [2.45, 2.75) is 18.4 Å². The van der Waals surface area contributed by atoms with Gasteiger partial charge >= 0.3 is 0 Å². The van der Waals surface area contributed by atoms with Crippen molar-refractivity contribution in [2.24, 2.45) is 5.92 Å². The molecule has 1 aliphatic rings. The molecule has 1 fully saturated rings. The number of ether oxygens (including phenoxy) is 1. The van der Waals surface area contributed by atoms with Crippen LogP contribution in [0, 0.1) is 28.9 Å². The van der Waals surface area contributed by atoms with Crippen molar-refractivity contribution < 1.29 is 13.5 Å². The summed E-state index contributed by atoms with van der Waals surface area (Å²) < 4.78 is 31.1. The second-order valence-corrected chi connectivity index (χ2v) is 4.47. The zero-order valence-electron chi connectivity index (χ0n) is 10.0. The van der Waals surface area contributed by atoms with Crippen molar-refractivity contribution in [2.75, 3.05) is 13.7 Å². The molecule has 1 aromatic rings. The molecule has 0 heterocycles. The van der Waals surface area contributed by atoms with Gasteiger partial charge in [0.15, 0.2) is 11.6 Å². The molecule has 2 rings (SSSR count). The Morgan fingerprint density at radius 2 is 2.17 bits per heavy atom. The summed E-state index contributed by atoms with van der Waals surface area (Å²) in [5.74, 6) is -1.38. The molecule has 3 nitrogen and oxygen atoms in total. The first-order valence-electron chi connectivity index (χ1n) is 5.79. The molecule has 0 saturated heterocycles. The normalized spacial score (nSPS) is 17.9. The monoisotopic (exact) mass is 252 g/mol. The molecule has 18 heavy (non-hydrogen) atoms. The number of nitriles is 1. The number of nitrogens with one attached hydrogen (secondary N) is 1. The van der Waals surface area contributed by atoms with Crippen molar-refractivity contribution in [3.63, 3.8) is 0 Å². The lowest BCUT2D eigenvalue weighted by atomic mass is 9.96. The maximum atomic E-state index is 13.0. The van der Waals surface area contributed by atoms with E-state index in [0.717, 1.165) is 25.0 Å². The van der Waals surface area contributed by atoms with Gasteiger partial charge in [-0.25, -0.2) is 8.78 Å². The highest BCUT2D eigenvalue weighted by atomic mass is 19.2. The summed E-state index contributed by atoms with van der Waals surface area (Å²) in [6.07, 6.45) is 1.96. The average molecular weight is 252 g/mol. The second-order valence-electron chi connectivity index (χ2n) is 4.47. The Bertz CT molecular complexity index is 482. The Morgan fingerprint density at radius 1 is 1.44 bits per heavy atom. The van der Waals surface area contributed by atoms with Gasteiger partial charge in [0, 0.05) is 6.07 Å². The van der Waals surface area contributed by atoms with E-state index in [1.54, 1.807) is 7.05 Å². The first-order chi connectivity index (χ1) is 8.61. The zero-order chi connectivity index (χ0) is 13.2. The SMILES string of the molecule is CNC(C#N)(COc1ccc(F)c(F)c1)C1CC1. The molecular formula is C13H14F2N2O. The van der Waals surface area contributed by atoms with Gasteiger partial charge in [-0.2, -0.15) is 5.26 Å². The molecule has 1 aliphatic carbocycles. The number of likely N-dealkylation sites (N-methyl/N-ethyl adjacent to an activating group) is 1. The first kappa shape index (κ1) is 12.8. The summed E-state index contributed by atoms with van der Waals surface area (Å²) >= 11 is 0. The summed E-state index contributed by atoms with van der Waals surface area (Å²) in [6, 6.07) is 5.57. The van der Waals surface area contributed by atoms with Crippen LogP contribution in [0.2, 0.25) is 0 Å². The van der Waals surface area contributed by atoms with Crippen molar-refractivity contribution >= 4 is 0 Å². The van der Waals surface area contributed by atoms with Crippen LogP contribution in [-0.4, -0.2) is 19.2 Å². The predicted octanol–water partition coefficient (Wildman–Crippen LogP) is 2.24. The molecule has 0 aromatic heterocycles. The Labute approximate surface area is 104 Å². The second kappa shape index (κ2) is 4.91. The zero-order valence-corrected chi connectivity index (χ0v) is 10.0. The van der Waals surface area contributed by atoms with Crippen molar-refractivity contribution in [3.05, 3.63) is 29.8 Å². The van der Waals surface area contributed by atoms with Crippen LogP contribution < -0.4 is 10.1 Å². The number of hydrogen-bond acceptors (Lipinski definition) is 3. The fourth-order valence-electron chi connectivity index (χ4n) is 1.91. The lowest BCUT2D eigenvalue weighted by molar-refractivity contribution is 0.210. The minimum absolute atomic E-state index is 0.121. The summed E-state index contributed by atoms with van der Waals surface area (Å²) in [6.45, 7) is 0.121. The van der Waals surface area contributed by atoms with Gasteiger partial charge in [0.25, 0.3) is 0 Å². The van der Waals surface area contributed by atoms with E-state index in [2.05, 4.69) is 11.4 Å². The number of benzene rings is 1. The smallest absolute Gasteiger partial charge is 0.162 e. The van der Waals surface area contributed by atoms with Gasteiger partial charge < -0.3 is 4.74 Å². The molecule has 1 unspecified atom stereocenters. The van der Waals surface area contributed by atoms with E-state index in [0.29, 0.717) is 0 Å². The van der Waals surface area contributed by atoms with Crippen molar-refractivity contribution in [1.82, 2.24) is 5.32 Å². The van der Waals surface area contributed by atoms with Gasteiger partial charge in [-0.15, -0.1) is 0 Å². The molecule has 0 radical (unpaired) electrons. The molecule has 1 saturated carbocycles. The van der Waals surface area contributed by atoms with Gasteiger partial charge in [0.2, 0.25) is 0 Å². The molecule has 5 heteroatoms. The van der Waals surface area contributed by atoms with Crippen LogP contribution >= 0.6 is 0 Å². The lowest BCUT2D eigenvalue weighted by Crippen LogP contribution is -2.49. The largest absolute Gasteiger partial charge is 0.490 e. The summed E-state index contributed by atoms with van der Waals surface area (Å²) in [4.78, 5) is 0. The van der Waals surface area contributed by atoms with Gasteiger partial charge in [0.1, 0.15) is 17.9 Å². The predicted molar refractivity (Wildman–Crippen MR) is 62.0 cm³/mol. The maximum absolute atomic E-state index is 13.0. The van der Waals surface area contributed by atoms with Gasteiger partial charge in [-0.05, 0) is 37.9 Å². The summed E-state index contributed by atoms with van der Waals surface area (Å²) in [5.41, 5.74) is -0.745. The molecule has 1 N–H and O–H groups in total. The molecule has 96 valence electrons. The molecule has 1 aromatic carbocycles.